The van der Waals surface area contributed by atoms with Crippen molar-refractivity contribution < 1.29 is 4.79 Å². The van der Waals surface area contributed by atoms with E-state index in [0.717, 1.165) is 33.7 Å². The van der Waals surface area contributed by atoms with Crippen molar-refractivity contribution in [3.05, 3.63) is 112 Å². The Bertz CT molecular complexity index is 1660. The molecule has 1 aliphatic heterocycles. The number of rotatable bonds is 4. The molecule has 2 aromatic heterocycles. The van der Waals surface area contributed by atoms with E-state index in [2.05, 4.69) is 39.5 Å². The van der Waals surface area contributed by atoms with Crippen LogP contribution in [0.4, 0.5) is 10.5 Å². The molecule has 1 fully saturated rings. The number of nitrogens with zero attached hydrogens (tertiary/aromatic N) is 6. The second-order valence-electron chi connectivity index (χ2n) is 10.3. The number of nitriles is 1. The zero-order chi connectivity index (χ0) is 28.5. The molecule has 0 bridgehead atoms. The van der Waals surface area contributed by atoms with Crippen LogP contribution in [0.15, 0.2) is 73.3 Å². The lowest BCUT2D eigenvalue weighted by atomic mass is 9.90. The van der Waals surface area contributed by atoms with Gasteiger partial charge in [0.1, 0.15) is 0 Å². The number of halogens is 1. The predicted octanol–water partition coefficient (Wildman–Crippen LogP) is 4.83. The molecule has 206 valence electrons. The van der Waals surface area contributed by atoms with Crippen molar-refractivity contribution >= 4 is 35.0 Å². The Hall–Kier alpha value is -4.49. The van der Waals surface area contributed by atoms with Gasteiger partial charge in [-0.2, -0.15) is 5.26 Å². The molecule has 9 nitrogen and oxygen atoms in total. The fourth-order valence-electron chi connectivity index (χ4n) is 5.66. The maximum absolute atomic E-state index is 13.0. The van der Waals surface area contributed by atoms with Gasteiger partial charge in [0.2, 0.25) is 0 Å². The van der Waals surface area contributed by atoms with Gasteiger partial charge in [-0.05, 0) is 70.8 Å². The van der Waals surface area contributed by atoms with Crippen molar-refractivity contribution in [2.45, 2.75) is 12.1 Å². The van der Waals surface area contributed by atoms with Crippen LogP contribution >= 0.6 is 11.6 Å². The highest BCUT2D eigenvalue weighted by molar-refractivity contribution is 6.30. The molecule has 10 heteroatoms. The van der Waals surface area contributed by atoms with Gasteiger partial charge >= 0.3 is 6.03 Å². The summed E-state index contributed by atoms with van der Waals surface area (Å²) in [6, 6.07) is 18.2. The minimum absolute atomic E-state index is 0.144. The van der Waals surface area contributed by atoms with Crippen molar-refractivity contribution in [3.63, 3.8) is 0 Å². The number of carbonyl (C=O) groups is 1. The number of fused-ring (bicyclic) bond motifs is 2. The van der Waals surface area contributed by atoms with Crippen LogP contribution in [0.2, 0.25) is 5.02 Å². The Morgan fingerprint density at radius 1 is 1.15 bits per heavy atom. The van der Waals surface area contributed by atoms with Crippen LogP contribution in [0.5, 0.6) is 0 Å². The van der Waals surface area contributed by atoms with Crippen LogP contribution in [-0.4, -0.2) is 56.5 Å². The molecule has 2 aliphatic rings. The van der Waals surface area contributed by atoms with E-state index in [1.54, 1.807) is 36.8 Å². The first-order chi connectivity index (χ1) is 19.9. The number of amides is 2. The van der Waals surface area contributed by atoms with E-state index in [-0.39, 0.29) is 12.1 Å². The first kappa shape index (κ1) is 26.7. The highest BCUT2D eigenvalue weighted by Gasteiger charge is 2.35. The standard InChI is InChI=1S/C31H29ClN8O/c1-38-19-35-18-27(38)28(34)26-15-21-3-2-10-36-29(21)30(24-9-6-22(32)16-25(24)26)39-11-13-40(14-12-39)31(41)37-23-7-4-20(17-33)5-8-23/h2-10,15-16,18-19,28,30H,11-14,34H2,1H3,(H,37,41). The number of urea groups is 1. The number of hydrogen-bond donors (Lipinski definition) is 2. The Morgan fingerprint density at radius 2 is 1.93 bits per heavy atom. The van der Waals surface area contributed by atoms with Crippen molar-refractivity contribution in [2.75, 3.05) is 31.5 Å². The average molecular weight is 565 g/mol. The highest BCUT2D eigenvalue weighted by atomic mass is 35.5. The number of imidazole rings is 1. The fourth-order valence-corrected chi connectivity index (χ4v) is 5.83. The molecule has 4 aromatic rings. The van der Waals surface area contributed by atoms with Gasteiger partial charge in [-0.15, -0.1) is 0 Å². The smallest absolute Gasteiger partial charge is 0.321 e. The van der Waals surface area contributed by atoms with Crippen LogP contribution < -0.4 is 11.1 Å². The molecule has 2 aromatic carbocycles. The van der Waals surface area contributed by atoms with E-state index in [1.165, 1.54) is 0 Å². The van der Waals surface area contributed by atoms with E-state index in [4.69, 9.17) is 27.6 Å². The number of anilines is 1. The highest BCUT2D eigenvalue weighted by Crippen LogP contribution is 2.43. The maximum Gasteiger partial charge on any atom is 0.321 e. The zero-order valence-electron chi connectivity index (χ0n) is 22.5. The molecule has 1 saturated heterocycles. The third-order valence-electron chi connectivity index (χ3n) is 7.80. The number of nitrogens with one attached hydrogen (secondary N) is 1. The van der Waals surface area contributed by atoms with E-state index < -0.39 is 6.04 Å². The molecule has 2 atom stereocenters. The minimum Gasteiger partial charge on any atom is -0.336 e. The number of pyridine rings is 1. The van der Waals surface area contributed by atoms with Crippen molar-refractivity contribution in [1.29, 1.82) is 5.26 Å². The maximum atomic E-state index is 13.0. The fraction of sp³-hybridized carbons (Fsp3) is 0.226. The number of hydrogen-bond acceptors (Lipinski definition) is 6. The molecule has 2 unspecified atom stereocenters. The molecule has 1 aliphatic carbocycles. The van der Waals surface area contributed by atoms with E-state index in [9.17, 15) is 4.79 Å². The van der Waals surface area contributed by atoms with Gasteiger partial charge < -0.3 is 20.5 Å². The quantitative estimate of drug-likeness (QED) is 0.367. The topological polar surface area (TPSA) is 116 Å². The van der Waals surface area contributed by atoms with Gasteiger partial charge in [-0.25, -0.2) is 9.78 Å². The molecule has 6 rings (SSSR count). The van der Waals surface area contributed by atoms with Gasteiger partial charge in [0.15, 0.2) is 0 Å². The van der Waals surface area contributed by atoms with Crippen molar-refractivity contribution in [3.8, 4) is 6.07 Å². The first-order valence-electron chi connectivity index (χ1n) is 13.4. The second-order valence-corrected chi connectivity index (χ2v) is 10.7. The Kier molecular flexibility index (Phi) is 7.28. The summed E-state index contributed by atoms with van der Waals surface area (Å²) >= 11 is 6.56. The normalized spacial score (nSPS) is 17.5. The largest absolute Gasteiger partial charge is 0.336 e. The first-order valence-corrected chi connectivity index (χ1v) is 13.8. The SMILES string of the molecule is Cn1cncc1C(N)C1=Cc2cccnc2C(N2CCN(C(=O)Nc3ccc(C#N)cc3)CC2)c2ccc(Cl)cc21. The summed E-state index contributed by atoms with van der Waals surface area (Å²) in [6.07, 6.45) is 7.49. The third kappa shape index (κ3) is 5.21. The third-order valence-corrected chi connectivity index (χ3v) is 8.04. The molecule has 3 heterocycles. The number of nitrogens with two attached hydrogens (primary N) is 1. The van der Waals surface area contributed by atoms with E-state index >= 15 is 0 Å². The van der Waals surface area contributed by atoms with E-state index in [1.807, 2.05) is 40.9 Å². The molecule has 0 radical (unpaired) electrons. The summed E-state index contributed by atoms with van der Waals surface area (Å²) in [6.45, 7) is 2.43. The van der Waals surface area contributed by atoms with Gasteiger partial charge in [0.25, 0.3) is 0 Å². The molecule has 3 N–H and O–H groups in total. The van der Waals surface area contributed by atoms with Crippen molar-refractivity contribution in [1.82, 2.24) is 24.3 Å². The lowest BCUT2D eigenvalue weighted by Crippen LogP contribution is -2.51. The number of aryl methyl sites for hydroxylation is 1. The van der Waals surface area contributed by atoms with Crippen molar-refractivity contribution in [2.24, 2.45) is 12.8 Å². The summed E-state index contributed by atoms with van der Waals surface area (Å²) in [5.74, 6) is 0. The summed E-state index contributed by atoms with van der Waals surface area (Å²) in [5, 5.41) is 12.6. The van der Waals surface area contributed by atoms with Crippen LogP contribution in [-0.2, 0) is 7.05 Å². The summed E-state index contributed by atoms with van der Waals surface area (Å²) < 4.78 is 1.93. The number of carbonyl (C=O) groups excluding carboxylic acids is 1. The van der Waals surface area contributed by atoms with Crippen LogP contribution in [0, 0.1) is 11.3 Å². The number of aromatic nitrogens is 3. The Morgan fingerprint density at radius 3 is 2.63 bits per heavy atom. The van der Waals surface area contributed by atoms with E-state index in [0.29, 0.717) is 42.5 Å². The van der Waals surface area contributed by atoms with Crippen LogP contribution in [0.3, 0.4) is 0 Å². The van der Waals surface area contributed by atoms with Gasteiger partial charge in [0.05, 0.1) is 47.6 Å². The number of piperazine rings is 1. The Labute approximate surface area is 243 Å². The summed E-state index contributed by atoms with van der Waals surface area (Å²) in [5.41, 5.74) is 13.9. The van der Waals surface area contributed by atoms with Crippen LogP contribution in [0.25, 0.3) is 11.6 Å². The Balaban J connectivity index is 1.30. The van der Waals surface area contributed by atoms with Gasteiger partial charge in [-0.3, -0.25) is 9.88 Å². The van der Waals surface area contributed by atoms with Gasteiger partial charge in [0, 0.05) is 50.1 Å². The molecule has 41 heavy (non-hydrogen) atoms. The predicted molar refractivity (Wildman–Crippen MR) is 159 cm³/mol. The molecular formula is C31H29ClN8O. The number of benzene rings is 2. The summed E-state index contributed by atoms with van der Waals surface area (Å²) in [7, 11) is 1.94. The second kappa shape index (κ2) is 11.2. The van der Waals surface area contributed by atoms with Crippen LogP contribution in [0.1, 0.15) is 45.7 Å². The average Bonchev–Trinajstić information content (AvgIpc) is 3.37. The summed E-state index contributed by atoms with van der Waals surface area (Å²) in [4.78, 5) is 26.4. The lowest BCUT2D eigenvalue weighted by Gasteiger charge is -2.39. The zero-order valence-corrected chi connectivity index (χ0v) is 23.3. The molecule has 0 saturated carbocycles. The molecule has 2 amide bonds. The minimum atomic E-state index is -0.422. The lowest BCUT2D eigenvalue weighted by molar-refractivity contribution is 0.125. The van der Waals surface area contributed by atoms with Gasteiger partial charge in [-0.1, -0.05) is 23.7 Å². The monoisotopic (exact) mass is 564 g/mol. The molecular weight excluding hydrogens is 536 g/mol. The molecule has 0 spiro atoms.